The van der Waals surface area contributed by atoms with Crippen molar-refractivity contribution in [3.63, 3.8) is 0 Å². The lowest BCUT2D eigenvalue weighted by atomic mass is 10.2. The highest BCUT2D eigenvalue weighted by molar-refractivity contribution is 9.10. The number of sulfonamides is 1. The van der Waals surface area contributed by atoms with Gasteiger partial charge in [-0.3, -0.25) is 0 Å². The van der Waals surface area contributed by atoms with Gasteiger partial charge in [-0.1, -0.05) is 6.07 Å². The molecule has 0 spiro atoms. The van der Waals surface area contributed by atoms with Gasteiger partial charge in [0.2, 0.25) is 0 Å². The number of aromatic nitrogens is 2. The van der Waals surface area contributed by atoms with Gasteiger partial charge in [0.1, 0.15) is 11.6 Å². The molecule has 1 saturated heterocycles. The highest BCUT2D eigenvalue weighted by atomic mass is 79.9. The van der Waals surface area contributed by atoms with Gasteiger partial charge in [-0.15, -0.1) is 11.8 Å². The average Bonchev–Trinajstić information content (AvgIpc) is 3.15. The van der Waals surface area contributed by atoms with Crippen molar-refractivity contribution in [2.75, 3.05) is 19.4 Å². The topological polar surface area (TPSA) is 64.4 Å². The maximum atomic E-state index is 13.0. The Morgan fingerprint density at radius 3 is 2.75 bits per heavy atom. The van der Waals surface area contributed by atoms with E-state index in [1.165, 1.54) is 4.31 Å². The molecule has 2 heterocycles. The second-order valence-corrected chi connectivity index (χ2v) is 9.35. The molecule has 9 heteroatoms. The van der Waals surface area contributed by atoms with Gasteiger partial charge in [0.25, 0.3) is 10.0 Å². The average molecular weight is 432 g/mol. The smallest absolute Gasteiger partial charge is 0.263 e. The van der Waals surface area contributed by atoms with E-state index in [2.05, 4.69) is 20.9 Å². The molecule has 1 aliphatic heterocycles. The van der Waals surface area contributed by atoms with Crippen LogP contribution in [0.15, 0.2) is 33.9 Å². The van der Waals surface area contributed by atoms with Crippen molar-refractivity contribution in [3.8, 4) is 5.75 Å². The number of thioether (sulfide) groups is 1. The third-order valence-electron chi connectivity index (χ3n) is 3.97. The zero-order valence-electron chi connectivity index (χ0n) is 13.6. The summed E-state index contributed by atoms with van der Waals surface area (Å²) in [5, 5.41) is -0.165. The Kier molecular flexibility index (Phi) is 4.96. The van der Waals surface area contributed by atoms with Crippen LogP contribution in [-0.2, 0) is 17.1 Å². The molecule has 1 atom stereocenters. The fourth-order valence-electron chi connectivity index (χ4n) is 2.57. The number of benzene rings is 1. The molecule has 1 aliphatic rings. The summed E-state index contributed by atoms with van der Waals surface area (Å²) in [5.74, 6) is 2.14. The molecule has 2 aromatic rings. The lowest BCUT2D eigenvalue weighted by Crippen LogP contribution is -2.30. The van der Waals surface area contributed by atoms with E-state index in [1.54, 1.807) is 43.6 Å². The maximum Gasteiger partial charge on any atom is 0.263 e. The largest absolute Gasteiger partial charge is 0.496 e. The summed E-state index contributed by atoms with van der Waals surface area (Å²) in [6.07, 6.45) is 1.56. The van der Waals surface area contributed by atoms with Crippen molar-refractivity contribution in [3.05, 3.63) is 40.3 Å². The molecule has 1 aromatic carbocycles. The molecular formula is C15H18BrN3O3S2. The van der Waals surface area contributed by atoms with Crippen LogP contribution in [0.5, 0.6) is 5.75 Å². The number of methoxy groups -OCH3 is 1. The first-order valence-electron chi connectivity index (χ1n) is 7.31. The summed E-state index contributed by atoms with van der Waals surface area (Å²) < 4.78 is 35.3. The van der Waals surface area contributed by atoms with Crippen LogP contribution in [0, 0.1) is 6.92 Å². The second kappa shape index (κ2) is 6.70. The highest BCUT2D eigenvalue weighted by Crippen LogP contribution is 2.42. The van der Waals surface area contributed by atoms with Crippen LogP contribution in [0.1, 0.15) is 16.8 Å². The van der Waals surface area contributed by atoms with Crippen LogP contribution in [-0.4, -0.2) is 41.7 Å². The monoisotopic (exact) mass is 431 g/mol. The summed E-state index contributed by atoms with van der Waals surface area (Å²) in [6, 6.07) is 5.65. The van der Waals surface area contributed by atoms with E-state index in [0.29, 0.717) is 12.4 Å². The highest BCUT2D eigenvalue weighted by Gasteiger charge is 2.38. The van der Waals surface area contributed by atoms with E-state index in [1.807, 2.05) is 18.2 Å². The number of ether oxygens (including phenoxy) is 1. The molecule has 0 aliphatic carbocycles. The summed E-state index contributed by atoms with van der Waals surface area (Å²) in [7, 11) is -0.241. The SMILES string of the molecule is COc1ccc(C2SCCN2S(=O)(=O)c2cn(C)c(C)n2)cc1Br. The van der Waals surface area contributed by atoms with Crippen LogP contribution in [0.4, 0.5) is 0 Å². The van der Waals surface area contributed by atoms with Crippen LogP contribution in [0.3, 0.4) is 0 Å². The van der Waals surface area contributed by atoms with E-state index in [9.17, 15) is 8.42 Å². The molecule has 1 aromatic heterocycles. The predicted molar refractivity (Wildman–Crippen MR) is 97.7 cm³/mol. The molecule has 0 radical (unpaired) electrons. The van der Waals surface area contributed by atoms with Crippen molar-refractivity contribution >= 4 is 37.7 Å². The third-order valence-corrected chi connectivity index (χ3v) is 7.72. The van der Waals surface area contributed by atoms with Gasteiger partial charge >= 0.3 is 0 Å². The molecule has 130 valence electrons. The van der Waals surface area contributed by atoms with Gasteiger partial charge in [-0.2, -0.15) is 4.31 Å². The number of hydrogen-bond donors (Lipinski definition) is 0. The standard InChI is InChI=1S/C15H18BrN3O3S2/c1-10-17-14(9-18(10)2)24(20,21)19-6-7-23-15(19)11-4-5-13(22-3)12(16)8-11/h4-5,8-9,15H,6-7H2,1-3H3. The Hall–Kier alpha value is -1.03. The molecule has 0 saturated carbocycles. The fourth-order valence-corrected chi connectivity index (χ4v) is 6.39. The van der Waals surface area contributed by atoms with Gasteiger partial charge < -0.3 is 9.30 Å². The van der Waals surface area contributed by atoms with Crippen LogP contribution in [0.25, 0.3) is 0 Å². The van der Waals surface area contributed by atoms with E-state index < -0.39 is 10.0 Å². The predicted octanol–water partition coefficient (Wildman–Crippen LogP) is 2.94. The molecule has 6 nitrogen and oxygen atoms in total. The fraction of sp³-hybridized carbons (Fsp3) is 0.400. The minimum Gasteiger partial charge on any atom is -0.496 e. The number of aryl methyl sites for hydroxylation is 2. The molecule has 3 rings (SSSR count). The van der Waals surface area contributed by atoms with Crippen molar-refractivity contribution < 1.29 is 13.2 Å². The minimum absolute atomic E-state index is 0.0996. The zero-order chi connectivity index (χ0) is 17.5. The van der Waals surface area contributed by atoms with Crippen LogP contribution < -0.4 is 4.74 Å². The minimum atomic E-state index is -3.63. The van der Waals surface area contributed by atoms with Crippen molar-refractivity contribution in [1.82, 2.24) is 13.9 Å². The maximum absolute atomic E-state index is 13.0. The Bertz CT molecular complexity index is 847. The van der Waals surface area contributed by atoms with Crippen molar-refractivity contribution in [2.45, 2.75) is 17.3 Å². The van der Waals surface area contributed by atoms with Gasteiger partial charge in [0.05, 0.1) is 17.0 Å². The van der Waals surface area contributed by atoms with Gasteiger partial charge in [-0.05, 0) is 40.5 Å². The summed E-state index contributed by atoms with van der Waals surface area (Å²) in [5.41, 5.74) is 0.918. The number of imidazole rings is 1. The van der Waals surface area contributed by atoms with Gasteiger partial charge in [-0.25, -0.2) is 13.4 Å². The molecule has 0 N–H and O–H groups in total. The van der Waals surface area contributed by atoms with E-state index >= 15 is 0 Å². The number of nitrogens with zero attached hydrogens (tertiary/aromatic N) is 3. The molecular weight excluding hydrogens is 414 g/mol. The van der Waals surface area contributed by atoms with E-state index in [4.69, 9.17) is 4.74 Å². The first-order chi connectivity index (χ1) is 11.3. The summed E-state index contributed by atoms with van der Waals surface area (Å²) in [4.78, 5) is 4.19. The summed E-state index contributed by atoms with van der Waals surface area (Å²) in [6.45, 7) is 2.26. The third kappa shape index (κ3) is 3.10. The van der Waals surface area contributed by atoms with Gasteiger partial charge in [0.15, 0.2) is 5.03 Å². The van der Waals surface area contributed by atoms with E-state index in [0.717, 1.165) is 21.5 Å². The Morgan fingerprint density at radius 1 is 1.42 bits per heavy atom. The molecule has 24 heavy (non-hydrogen) atoms. The molecule has 0 bridgehead atoms. The normalized spacial score (nSPS) is 18.9. The quantitative estimate of drug-likeness (QED) is 0.744. The lowest BCUT2D eigenvalue weighted by Gasteiger charge is -2.23. The van der Waals surface area contributed by atoms with E-state index in [-0.39, 0.29) is 10.4 Å². The first kappa shape index (κ1) is 17.8. The van der Waals surface area contributed by atoms with Crippen LogP contribution >= 0.6 is 27.7 Å². The molecule has 0 amide bonds. The second-order valence-electron chi connectivity index (χ2n) is 5.47. The van der Waals surface area contributed by atoms with Crippen LogP contribution in [0.2, 0.25) is 0 Å². The van der Waals surface area contributed by atoms with Gasteiger partial charge in [0, 0.05) is 25.5 Å². The Balaban J connectivity index is 1.97. The lowest BCUT2D eigenvalue weighted by molar-refractivity contribution is 0.410. The summed E-state index contributed by atoms with van der Waals surface area (Å²) >= 11 is 5.07. The number of hydrogen-bond acceptors (Lipinski definition) is 5. The number of halogens is 1. The zero-order valence-corrected chi connectivity index (χ0v) is 16.8. The first-order valence-corrected chi connectivity index (χ1v) is 10.6. The molecule has 1 unspecified atom stereocenters. The molecule has 1 fully saturated rings. The Labute approximate surface area is 154 Å². The Morgan fingerprint density at radius 2 is 2.17 bits per heavy atom. The van der Waals surface area contributed by atoms with Crippen molar-refractivity contribution in [1.29, 1.82) is 0 Å². The van der Waals surface area contributed by atoms with Crippen molar-refractivity contribution in [2.24, 2.45) is 7.05 Å². The number of rotatable bonds is 4.